The third kappa shape index (κ3) is 8.11. The number of hydrogen-bond donors (Lipinski definition) is 1. The molecule has 0 saturated heterocycles. The van der Waals surface area contributed by atoms with Crippen LogP contribution in [0.5, 0.6) is 0 Å². The number of rotatable bonds is 16. The lowest BCUT2D eigenvalue weighted by atomic mass is 10.1. The smallest absolute Gasteiger partial charge is 0.336 e. The van der Waals surface area contributed by atoms with E-state index in [0.29, 0.717) is 5.56 Å². The van der Waals surface area contributed by atoms with Gasteiger partial charge in [0.15, 0.2) is 5.58 Å². The molecule has 3 rings (SSSR count). The molecule has 1 aromatic heterocycles. The van der Waals surface area contributed by atoms with E-state index in [4.69, 9.17) is 9.40 Å². The Morgan fingerprint density at radius 3 is 2.33 bits per heavy atom. The number of carboxylic acids is 1. The number of nitrogens with zero attached hydrogens (tertiary/aromatic N) is 2. The van der Waals surface area contributed by atoms with E-state index < -0.39 is 5.97 Å². The zero-order valence-corrected chi connectivity index (χ0v) is 20.5. The maximum Gasteiger partial charge on any atom is 0.336 e. The van der Waals surface area contributed by atoms with Gasteiger partial charge in [-0.25, -0.2) is 4.79 Å². The van der Waals surface area contributed by atoms with Crippen LogP contribution in [-0.4, -0.2) is 34.9 Å². The molecule has 0 aliphatic rings. The van der Waals surface area contributed by atoms with E-state index in [1.165, 1.54) is 32.1 Å². The number of aromatic nitrogens is 1. The minimum Gasteiger partial charge on any atom is -0.478 e. The van der Waals surface area contributed by atoms with Gasteiger partial charge >= 0.3 is 5.97 Å². The van der Waals surface area contributed by atoms with Crippen LogP contribution in [0.25, 0.3) is 11.1 Å². The van der Waals surface area contributed by atoms with Gasteiger partial charge in [0.1, 0.15) is 5.52 Å². The van der Waals surface area contributed by atoms with Gasteiger partial charge < -0.3 is 14.4 Å². The first-order valence-electron chi connectivity index (χ1n) is 12.2. The fourth-order valence-corrected chi connectivity index (χ4v) is 4.97. The largest absolute Gasteiger partial charge is 0.478 e. The highest BCUT2D eigenvalue weighted by Gasteiger charge is 2.14. The normalized spacial score (nSPS) is 11.2. The third-order valence-corrected chi connectivity index (χ3v) is 6.94. The third-order valence-electron chi connectivity index (χ3n) is 5.78. The van der Waals surface area contributed by atoms with E-state index in [0.717, 1.165) is 66.5 Å². The van der Waals surface area contributed by atoms with E-state index in [1.807, 2.05) is 36.4 Å². The Kier molecular flexibility index (Phi) is 10.6. The first kappa shape index (κ1) is 25.2. The van der Waals surface area contributed by atoms with E-state index in [2.05, 4.69) is 11.8 Å². The van der Waals surface area contributed by atoms with E-state index in [1.54, 1.807) is 23.9 Å². The van der Waals surface area contributed by atoms with Crippen molar-refractivity contribution in [3.05, 3.63) is 54.1 Å². The molecule has 178 valence electrons. The van der Waals surface area contributed by atoms with Gasteiger partial charge in [-0.15, -0.1) is 11.8 Å². The zero-order chi connectivity index (χ0) is 23.3. The Morgan fingerprint density at radius 1 is 0.909 bits per heavy atom. The highest BCUT2D eigenvalue weighted by atomic mass is 32.2. The zero-order valence-electron chi connectivity index (χ0n) is 19.7. The summed E-state index contributed by atoms with van der Waals surface area (Å²) in [6, 6.07) is 15.9. The van der Waals surface area contributed by atoms with Crippen LogP contribution in [-0.2, 0) is 0 Å². The number of carbonyl (C=O) groups is 1. The lowest BCUT2D eigenvalue weighted by Crippen LogP contribution is -2.26. The van der Waals surface area contributed by atoms with Crippen molar-refractivity contribution in [1.82, 2.24) is 4.98 Å². The molecular weight excluding hydrogens is 432 g/mol. The second-order valence-corrected chi connectivity index (χ2v) is 9.57. The Morgan fingerprint density at radius 2 is 1.58 bits per heavy atom. The van der Waals surface area contributed by atoms with Crippen molar-refractivity contribution in [2.24, 2.45) is 0 Å². The average Bonchev–Trinajstić information content (AvgIpc) is 3.26. The van der Waals surface area contributed by atoms with E-state index >= 15 is 0 Å². The van der Waals surface area contributed by atoms with Crippen molar-refractivity contribution in [2.45, 2.75) is 69.6 Å². The van der Waals surface area contributed by atoms with Crippen molar-refractivity contribution in [2.75, 3.05) is 23.7 Å². The summed E-state index contributed by atoms with van der Waals surface area (Å²) in [5, 5.41) is 9.33. The van der Waals surface area contributed by atoms with Gasteiger partial charge in [0.2, 0.25) is 0 Å². The molecule has 0 fully saturated rings. The highest BCUT2D eigenvalue weighted by molar-refractivity contribution is 7.99. The van der Waals surface area contributed by atoms with Gasteiger partial charge in [0, 0.05) is 18.0 Å². The number of oxazole rings is 1. The summed E-state index contributed by atoms with van der Waals surface area (Å²) in [5.74, 6) is 0.0618. The molecule has 1 heterocycles. The van der Waals surface area contributed by atoms with Crippen LogP contribution < -0.4 is 4.90 Å². The van der Waals surface area contributed by atoms with Gasteiger partial charge in [0.25, 0.3) is 6.01 Å². The molecule has 0 unspecified atom stereocenters. The minimum absolute atomic E-state index is 0.392. The summed E-state index contributed by atoms with van der Waals surface area (Å²) in [5.41, 5.74) is 2.14. The Balaban J connectivity index is 1.46. The lowest BCUT2D eigenvalue weighted by Gasteiger charge is -2.20. The van der Waals surface area contributed by atoms with Gasteiger partial charge in [-0.05, 0) is 49.3 Å². The van der Waals surface area contributed by atoms with E-state index in [9.17, 15) is 9.90 Å². The average molecular weight is 469 g/mol. The second kappa shape index (κ2) is 13.9. The highest BCUT2D eigenvalue weighted by Crippen LogP contribution is 2.25. The topological polar surface area (TPSA) is 66.6 Å². The molecule has 0 radical (unpaired) electrons. The number of unbranched alkanes of at least 4 members (excludes halogenated alkanes) is 7. The van der Waals surface area contributed by atoms with Crippen molar-refractivity contribution < 1.29 is 14.3 Å². The number of carboxylic acid groups (broad SMARTS) is 1. The van der Waals surface area contributed by atoms with E-state index in [-0.39, 0.29) is 0 Å². The van der Waals surface area contributed by atoms with Crippen molar-refractivity contribution in [3.63, 3.8) is 0 Å². The number of benzene rings is 2. The summed E-state index contributed by atoms with van der Waals surface area (Å²) >= 11 is 1.63. The molecule has 6 heteroatoms. The SMILES string of the molecule is CCCCCCCCN(CCCCCSc1ccccc1C(=O)O)c1nc2ccccc2o1. The van der Waals surface area contributed by atoms with Crippen LogP contribution in [0.1, 0.15) is 75.1 Å². The molecule has 2 aromatic carbocycles. The first-order chi connectivity index (χ1) is 16.2. The maximum absolute atomic E-state index is 11.4. The molecule has 3 aromatic rings. The van der Waals surface area contributed by atoms with Crippen LogP contribution in [0.15, 0.2) is 57.8 Å². The first-order valence-corrected chi connectivity index (χ1v) is 13.2. The molecule has 0 amide bonds. The van der Waals surface area contributed by atoms with Crippen LogP contribution in [0, 0.1) is 0 Å². The predicted octanol–water partition coefficient (Wildman–Crippen LogP) is 7.66. The fraction of sp³-hybridized carbons (Fsp3) is 0.481. The number of hydrogen-bond acceptors (Lipinski definition) is 5. The number of fused-ring (bicyclic) bond motifs is 1. The number of aromatic carboxylic acids is 1. The molecular formula is C27H36N2O3S. The van der Waals surface area contributed by atoms with Gasteiger partial charge in [-0.1, -0.05) is 69.7 Å². The molecule has 0 aliphatic heterocycles. The monoisotopic (exact) mass is 468 g/mol. The van der Waals surface area contributed by atoms with Crippen molar-refractivity contribution in [3.8, 4) is 0 Å². The Hall–Kier alpha value is -2.47. The number of thioether (sulfide) groups is 1. The minimum atomic E-state index is -0.859. The molecule has 0 aliphatic carbocycles. The van der Waals surface area contributed by atoms with Crippen LogP contribution in [0.4, 0.5) is 6.01 Å². The van der Waals surface area contributed by atoms with Crippen LogP contribution >= 0.6 is 11.8 Å². The summed E-state index contributed by atoms with van der Waals surface area (Å²) < 4.78 is 6.05. The quantitative estimate of drug-likeness (QED) is 0.172. The summed E-state index contributed by atoms with van der Waals surface area (Å²) in [4.78, 5) is 19.2. The molecule has 0 saturated carbocycles. The van der Waals surface area contributed by atoms with Crippen molar-refractivity contribution in [1.29, 1.82) is 0 Å². The molecule has 0 bridgehead atoms. The Labute approximate surface area is 201 Å². The maximum atomic E-state index is 11.4. The molecule has 0 spiro atoms. The summed E-state index contributed by atoms with van der Waals surface area (Å²) in [6.07, 6.45) is 10.8. The second-order valence-electron chi connectivity index (χ2n) is 8.43. The van der Waals surface area contributed by atoms with Crippen LogP contribution in [0.3, 0.4) is 0 Å². The number of anilines is 1. The molecule has 0 atom stereocenters. The molecule has 1 N–H and O–H groups in total. The number of para-hydroxylation sites is 2. The van der Waals surface area contributed by atoms with Gasteiger partial charge in [-0.2, -0.15) is 4.98 Å². The van der Waals surface area contributed by atoms with Crippen molar-refractivity contribution >= 4 is 34.8 Å². The fourth-order valence-electron chi connectivity index (χ4n) is 3.91. The van der Waals surface area contributed by atoms with Gasteiger partial charge in [0.05, 0.1) is 5.56 Å². The molecule has 5 nitrogen and oxygen atoms in total. The lowest BCUT2D eigenvalue weighted by molar-refractivity contribution is 0.0693. The Bertz CT molecular complexity index is 955. The summed E-state index contributed by atoms with van der Waals surface area (Å²) in [6.45, 7) is 4.15. The van der Waals surface area contributed by atoms with Gasteiger partial charge in [-0.3, -0.25) is 0 Å². The summed E-state index contributed by atoms with van der Waals surface area (Å²) in [7, 11) is 0. The standard InChI is InChI=1S/C27H36N2O3S/c1-2-3-4-5-6-12-19-29(27-28-23-16-9-10-17-24(23)32-27)20-13-7-14-21-33-25-18-11-8-15-22(25)26(30)31/h8-11,15-18H,2-7,12-14,19-21H2,1H3,(H,30,31). The van der Waals surface area contributed by atoms with Crippen LogP contribution in [0.2, 0.25) is 0 Å². The predicted molar refractivity (Wildman–Crippen MR) is 138 cm³/mol. The molecule has 33 heavy (non-hydrogen) atoms.